The van der Waals surface area contributed by atoms with Crippen LogP contribution < -0.4 is 38.1 Å². The van der Waals surface area contributed by atoms with E-state index in [1.54, 1.807) is 30.3 Å². The minimum absolute atomic E-state index is 0.0677. The fraction of sp³-hybridized carbons (Fsp3) is 0.488. The number of amides is 8. The van der Waals surface area contributed by atoms with E-state index in [1.165, 1.54) is 45.8 Å². The van der Waals surface area contributed by atoms with Crippen molar-refractivity contribution in [3.63, 3.8) is 0 Å². The van der Waals surface area contributed by atoms with Crippen LogP contribution in [0.5, 0.6) is 5.75 Å². The summed E-state index contributed by atoms with van der Waals surface area (Å²) in [6.07, 6.45) is 2.54. The Kier molecular flexibility index (Phi) is 18.5. The Balaban J connectivity index is 1.53. The van der Waals surface area contributed by atoms with E-state index in [2.05, 4.69) is 26.6 Å². The molecule has 0 bridgehead atoms. The van der Waals surface area contributed by atoms with Crippen LogP contribution in [0.2, 0.25) is 0 Å². The Labute approximate surface area is 362 Å². The number of benzene rings is 2. The SMILES string of the molecule is CSCC[C@H](NC(=O)CNC(=O)[C@H](Cc1ccccc1)NC(=O)[C@H](CC(=O)O)NC(=O)[C@H](Cc1ccc(O)cc1)NC(=O)[C@@H]1CCCN1C(=O)[C@@H]1CCCN1C(=O)CN)C(N)=O. The normalized spacial score (nSPS) is 17.8. The highest BCUT2D eigenvalue weighted by atomic mass is 32.2. The number of rotatable bonds is 22. The van der Waals surface area contributed by atoms with Gasteiger partial charge in [0, 0.05) is 25.9 Å². The fourth-order valence-electron chi connectivity index (χ4n) is 7.32. The van der Waals surface area contributed by atoms with Gasteiger partial charge in [0.25, 0.3) is 0 Å². The number of carboxylic acid groups (broad SMARTS) is 1. The van der Waals surface area contributed by atoms with Gasteiger partial charge in [-0.2, -0.15) is 11.8 Å². The van der Waals surface area contributed by atoms with Crippen LogP contribution in [0.4, 0.5) is 0 Å². The molecular weight excluding hydrogens is 827 g/mol. The number of nitrogens with two attached hydrogens (primary N) is 2. The molecule has 2 aromatic rings. The van der Waals surface area contributed by atoms with Crippen molar-refractivity contribution in [2.45, 2.75) is 87.6 Å². The molecule has 0 spiro atoms. The maximum atomic E-state index is 14.1. The predicted octanol–water partition coefficient (Wildman–Crippen LogP) is -2.11. The van der Waals surface area contributed by atoms with Gasteiger partial charge in [0.1, 0.15) is 42.0 Å². The van der Waals surface area contributed by atoms with Crippen LogP contribution in [0.1, 0.15) is 49.7 Å². The van der Waals surface area contributed by atoms with Crippen molar-refractivity contribution in [1.82, 2.24) is 36.4 Å². The fourth-order valence-corrected chi connectivity index (χ4v) is 7.79. The first-order chi connectivity index (χ1) is 29.6. The number of carbonyl (C=O) groups is 9. The van der Waals surface area contributed by atoms with E-state index < -0.39 is 102 Å². The average Bonchev–Trinajstić information content (AvgIpc) is 3.95. The summed E-state index contributed by atoms with van der Waals surface area (Å²) in [6.45, 7) is -0.293. The number of nitrogens with zero attached hydrogens (tertiary/aromatic N) is 2. The Morgan fingerprint density at radius 2 is 1.32 bits per heavy atom. The molecule has 0 saturated carbocycles. The van der Waals surface area contributed by atoms with Crippen molar-refractivity contribution < 1.29 is 53.4 Å². The molecule has 20 nitrogen and oxygen atoms in total. The number of aromatic hydroxyl groups is 1. The molecule has 21 heteroatoms. The number of phenolic OH excluding ortho intramolecular Hbond substituents is 1. The molecule has 4 rings (SSSR count). The van der Waals surface area contributed by atoms with Crippen LogP contribution in [-0.2, 0) is 56.0 Å². The summed E-state index contributed by atoms with van der Waals surface area (Å²) in [5, 5.41) is 32.1. The predicted molar refractivity (Wildman–Crippen MR) is 226 cm³/mol. The molecule has 0 aromatic heterocycles. The summed E-state index contributed by atoms with van der Waals surface area (Å²) in [5.41, 5.74) is 12.0. The molecule has 2 heterocycles. The van der Waals surface area contributed by atoms with Crippen LogP contribution in [0.15, 0.2) is 54.6 Å². The molecule has 8 amide bonds. The van der Waals surface area contributed by atoms with E-state index in [9.17, 15) is 53.4 Å². The van der Waals surface area contributed by atoms with E-state index in [-0.39, 0.29) is 44.5 Å². The third kappa shape index (κ3) is 14.2. The third-order valence-corrected chi connectivity index (χ3v) is 11.2. The van der Waals surface area contributed by atoms with Gasteiger partial charge < -0.3 is 58.1 Å². The Morgan fingerprint density at radius 3 is 1.94 bits per heavy atom. The van der Waals surface area contributed by atoms with Crippen LogP contribution in [-0.4, -0.2) is 148 Å². The van der Waals surface area contributed by atoms with Crippen molar-refractivity contribution in [1.29, 1.82) is 0 Å². The second-order valence-corrected chi connectivity index (χ2v) is 16.0. The third-order valence-electron chi connectivity index (χ3n) is 10.5. The van der Waals surface area contributed by atoms with E-state index in [0.29, 0.717) is 42.7 Å². The molecule has 0 unspecified atom stereocenters. The standard InChI is InChI=1S/C41H55N9O11S/c1-62-18-15-27(36(43)56)45-33(52)23-44-37(57)28(19-24-7-3-2-4-8-24)46-39(59)30(21-35(54)55)47-38(58)29(20-25-11-13-26(51)14-12-25)48-40(60)31-9-5-17-50(31)41(61)32-10-6-16-49(32)34(53)22-42/h2-4,7-8,11-14,27-32,51H,5-6,9-10,15-23,42H2,1H3,(H2,43,56)(H,44,57)(H,45,52)(H,46,59)(H,47,58)(H,48,60)(H,54,55)/t27-,28-,29-,30-,31-,32-/m0/s1. The summed E-state index contributed by atoms with van der Waals surface area (Å²) in [4.78, 5) is 121. The highest BCUT2D eigenvalue weighted by molar-refractivity contribution is 7.98. The summed E-state index contributed by atoms with van der Waals surface area (Å²) in [5.74, 6) is -6.87. The van der Waals surface area contributed by atoms with Gasteiger partial charge in [-0.3, -0.25) is 43.2 Å². The lowest BCUT2D eigenvalue weighted by Gasteiger charge is -2.31. The lowest BCUT2D eigenvalue weighted by atomic mass is 10.0. The molecule has 2 fully saturated rings. The van der Waals surface area contributed by atoms with Crippen molar-refractivity contribution in [3.05, 3.63) is 65.7 Å². The first-order valence-corrected chi connectivity index (χ1v) is 21.6. The zero-order valence-corrected chi connectivity index (χ0v) is 35.2. The zero-order chi connectivity index (χ0) is 45.3. The quantitative estimate of drug-likeness (QED) is 0.0613. The first kappa shape index (κ1) is 48.4. The van der Waals surface area contributed by atoms with Crippen LogP contribution in [0.25, 0.3) is 0 Å². The van der Waals surface area contributed by atoms with E-state index >= 15 is 0 Å². The number of nitrogens with one attached hydrogen (secondary N) is 5. The van der Waals surface area contributed by atoms with Gasteiger partial charge >= 0.3 is 5.97 Å². The first-order valence-electron chi connectivity index (χ1n) is 20.2. The second kappa shape index (κ2) is 23.7. The minimum Gasteiger partial charge on any atom is -0.508 e. The van der Waals surface area contributed by atoms with Crippen LogP contribution in [0.3, 0.4) is 0 Å². The highest BCUT2D eigenvalue weighted by Gasteiger charge is 2.43. The number of carbonyl (C=O) groups excluding carboxylic acids is 8. The van der Waals surface area contributed by atoms with Gasteiger partial charge in [-0.15, -0.1) is 0 Å². The van der Waals surface area contributed by atoms with Gasteiger partial charge in [0.15, 0.2) is 0 Å². The summed E-state index contributed by atoms with van der Waals surface area (Å²) in [7, 11) is 0. The van der Waals surface area contributed by atoms with E-state index in [1.807, 2.05) is 6.26 Å². The summed E-state index contributed by atoms with van der Waals surface area (Å²) < 4.78 is 0. The number of phenols is 1. The largest absolute Gasteiger partial charge is 0.508 e. The molecule has 2 aliphatic heterocycles. The van der Waals surface area contributed by atoms with Gasteiger partial charge in [-0.05, 0) is 67.4 Å². The monoisotopic (exact) mass is 881 g/mol. The van der Waals surface area contributed by atoms with Gasteiger partial charge in [-0.1, -0.05) is 42.5 Å². The highest BCUT2D eigenvalue weighted by Crippen LogP contribution is 2.25. The lowest BCUT2D eigenvalue weighted by Crippen LogP contribution is -2.60. The van der Waals surface area contributed by atoms with Gasteiger partial charge in [0.05, 0.1) is 19.5 Å². The van der Waals surface area contributed by atoms with Crippen molar-refractivity contribution in [2.24, 2.45) is 11.5 Å². The zero-order valence-electron chi connectivity index (χ0n) is 34.4. The summed E-state index contributed by atoms with van der Waals surface area (Å²) >= 11 is 1.44. The Bertz CT molecular complexity index is 1940. The number of hydrogen-bond acceptors (Lipinski definition) is 12. The second-order valence-electron chi connectivity index (χ2n) is 15.0. The number of likely N-dealkylation sites (tertiary alicyclic amines) is 2. The molecule has 0 aliphatic carbocycles. The smallest absolute Gasteiger partial charge is 0.305 e. The van der Waals surface area contributed by atoms with Crippen LogP contribution in [0, 0.1) is 0 Å². The van der Waals surface area contributed by atoms with Crippen molar-refractivity contribution >= 4 is 65.0 Å². The molecule has 6 atom stereocenters. The molecule has 11 N–H and O–H groups in total. The van der Waals surface area contributed by atoms with Crippen LogP contribution >= 0.6 is 11.8 Å². The molecule has 2 saturated heterocycles. The maximum absolute atomic E-state index is 14.1. The van der Waals surface area contributed by atoms with E-state index in [0.717, 1.165) is 0 Å². The van der Waals surface area contributed by atoms with Gasteiger partial charge in [0.2, 0.25) is 47.3 Å². The van der Waals surface area contributed by atoms with Crippen molar-refractivity contribution in [3.8, 4) is 5.75 Å². The number of thioether (sulfide) groups is 1. The number of aliphatic carboxylic acids is 1. The number of carboxylic acids is 1. The lowest BCUT2D eigenvalue weighted by molar-refractivity contribution is -0.146. The average molecular weight is 882 g/mol. The molecule has 2 aromatic carbocycles. The molecule has 62 heavy (non-hydrogen) atoms. The number of primary amides is 1. The maximum Gasteiger partial charge on any atom is 0.305 e. The Morgan fingerprint density at radius 1 is 0.742 bits per heavy atom. The molecule has 2 aliphatic rings. The Hall–Kier alpha value is -6.22. The number of hydrogen-bond donors (Lipinski definition) is 9. The summed E-state index contributed by atoms with van der Waals surface area (Å²) in [6, 6.07) is 6.83. The molecule has 336 valence electrons. The van der Waals surface area contributed by atoms with Gasteiger partial charge in [-0.25, -0.2) is 0 Å². The minimum atomic E-state index is -1.78. The van der Waals surface area contributed by atoms with Crippen molar-refractivity contribution in [2.75, 3.05) is 38.2 Å². The molecular formula is C41H55N9O11S. The van der Waals surface area contributed by atoms with E-state index in [4.69, 9.17) is 11.5 Å². The molecule has 0 radical (unpaired) electrons. The topological polar surface area (TPSA) is 313 Å².